The van der Waals surface area contributed by atoms with Crippen molar-refractivity contribution in [2.24, 2.45) is 0 Å². The van der Waals surface area contributed by atoms with Crippen LogP contribution in [0.1, 0.15) is 18.4 Å². The van der Waals surface area contributed by atoms with Crippen LogP contribution in [0.3, 0.4) is 0 Å². The second-order valence-electron chi connectivity index (χ2n) is 3.29. The number of likely N-dealkylation sites (N-methyl/N-ethyl adjacent to an activating group) is 1. The van der Waals surface area contributed by atoms with E-state index in [-0.39, 0.29) is 6.54 Å². The first-order valence-corrected chi connectivity index (χ1v) is 4.84. The second-order valence-corrected chi connectivity index (χ2v) is 3.29. The molecule has 0 aliphatic carbocycles. The van der Waals surface area contributed by atoms with Gasteiger partial charge in [0.25, 0.3) is 0 Å². The van der Waals surface area contributed by atoms with E-state index in [1.807, 2.05) is 18.7 Å². The minimum absolute atomic E-state index is 0.0412. The summed E-state index contributed by atoms with van der Waals surface area (Å²) in [5.74, 6) is -0.110. The molecule has 0 saturated heterocycles. The van der Waals surface area contributed by atoms with E-state index in [0.29, 0.717) is 18.9 Å². The normalized spacial score (nSPS) is 10.6. The third kappa shape index (κ3) is 4.03. The molecule has 0 unspecified atom stereocenters. The Morgan fingerprint density at radius 1 is 1.60 bits per heavy atom. The van der Waals surface area contributed by atoms with Crippen molar-refractivity contribution >= 4 is 5.97 Å². The molecule has 0 atom stereocenters. The molecule has 0 spiro atoms. The molecule has 1 aromatic heterocycles. The monoisotopic (exact) mass is 209 g/mol. The fourth-order valence-corrected chi connectivity index (χ4v) is 1.29. The second kappa shape index (κ2) is 5.41. The Hall–Kier alpha value is -1.49. The molecule has 0 aliphatic rings. The van der Waals surface area contributed by atoms with Gasteiger partial charge in [-0.1, -0.05) is 6.92 Å². The molecule has 1 heterocycles. The lowest BCUT2D eigenvalue weighted by Crippen LogP contribution is -2.29. The van der Waals surface area contributed by atoms with Crippen molar-refractivity contribution in [2.45, 2.75) is 20.4 Å². The Morgan fingerprint density at radius 3 is 2.87 bits per heavy atom. The van der Waals surface area contributed by atoms with Crippen LogP contribution in [0.15, 0.2) is 12.3 Å². The highest BCUT2D eigenvalue weighted by atomic mass is 16.4. The lowest BCUT2D eigenvalue weighted by atomic mass is 10.3. The van der Waals surface area contributed by atoms with E-state index < -0.39 is 5.97 Å². The van der Waals surface area contributed by atoms with Crippen LogP contribution in [-0.2, 0) is 11.3 Å². The first-order valence-electron chi connectivity index (χ1n) is 4.84. The molecule has 1 aromatic rings. The van der Waals surface area contributed by atoms with Gasteiger partial charge in [-0.3, -0.25) is 9.69 Å². The molecule has 0 aromatic carbocycles. The largest absolute Gasteiger partial charge is 0.480 e. The fraction of sp³-hybridized carbons (Fsp3) is 0.500. The number of carboxylic acids is 1. The molecule has 15 heavy (non-hydrogen) atoms. The van der Waals surface area contributed by atoms with Crippen LogP contribution in [-0.4, -0.2) is 39.0 Å². The number of nitrogens with zero attached hydrogens (tertiary/aromatic N) is 3. The predicted octanol–water partition coefficient (Wildman–Crippen LogP) is 0.692. The summed E-state index contributed by atoms with van der Waals surface area (Å²) in [6, 6.07) is 1.80. The van der Waals surface area contributed by atoms with Crippen LogP contribution in [0.25, 0.3) is 0 Å². The van der Waals surface area contributed by atoms with Gasteiger partial charge in [0.2, 0.25) is 0 Å². The van der Waals surface area contributed by atoms with Gasteiger partial charge in [-0.2, -0.15) is 0 Å². The molecule has 0 amide bonds. The fourth-order valence-electron chi connectivity index (χ4n) is 1.29. The standard InChI is InChI=1S/C10H15N3O2/c1-3-13(7-10(14)15)6-9-4-5-11-8(2)12-9/h4-5H,3,6-7H2,1-2H3,(H,14,15). The molecule has 82 valence electrons. The highest BCUT2D eigenvalue weighted by molar-refractivity contribution is 5.69. The zero-order valence-electron chi connectivity index (χ0n) is 8.97. The van der Waals surface area contributed by atoms with Gasteiger partial charge in [-0.25, -0.2) is 9.97 Å². The third-order valence-corrected chi connectivity index (χ3v) is 2.03. The van der Waals surface area contributed by atoms with E-state index in [2.05, 4.69) is 9.97 Å². The third-order valence-electron chi connectivity index (χ3n) is 2.03. The molecular formula is C10H15N3O2. The number of carbonyl (C=O) groups is 1. The lowest BCUT2D eigenvalue weighted by molar-refractivity contribution is -0.138. The summed E-state index contributed by atoms with van der Waals surface area (Å²) in [5, 5.41) is 8.67. The SMILES string of the molecule is CCN(CC(=O)O)Cc1ccnc(C)n1. The first kappa shape index (κ1) is 11.6. The number of carboxylic acid groups (broad SMARTS) is 1. The maximum Gasteiger partial charge on any atom is 0.317 e. The zero-order valence-corrected chi connectivity index (χ0v) is 8.97. The lowest BCUT2D eigenvalue weighted by Gasteiger charge is -2.17. The topological polar surface area (TPSA) is 66.3 Å². The Balaban J connectivity index is 2.62. The molecule has 0 radical (unpaired) electrons. The van der Waals surface area contributed by atoms with Gasteiger partial charge in [-0.05, 0) is 19.5 Å². The van der Waals surface area contributed by atoms with Crippen LogP contribution >= 0.6 is 0 Å². The number of hydrogen-bond acceptors (Lipinski definition) is 4. The highest BCUT2D eigenvalue weighted by Crippen LogP contribution is 2.00. The summed E-state index contributed by atoms with van der Waals surface area (Å²) in [7, 11) is 0. The van der Waals surface area contributed by atoms with Gasteiger partial charge >= 0.3 is 5.97 Å². The quantitative estimate of drug-likeness (QED) is 0.773. The minimum atomic E-state index is -0.817. The Bertz CT molecular complexity index is 341. The number of rotatable bonds is 5. The van der Waals surface area contributed by atoms with Gasteiger partial charge in [0.05, 0.1) is 12.2 Å². The number of aromatic nitrogens is 2. The van der Waals surface area contributed by atoms with Crippen LogP contribution in [0.4, 0.5) is 0 Å². The maximum atomic E-state index is 10.6. The molecule has 0 bridgehead atoms. The van der Waals surface area contributed by atoms with Gasteiger partial charge in [0.15, 0.2) is 0 Å². The van der Waals surface area contributed by atoms with Crippen molar-refractivity contribution in [3.63, 3.8) is 0 Å². The number of hydrogen-bond donors (Lipinski definition) is 1. The summed E-state index contributed by atoms with van der Waals surface area (Å²) >= 11 is 0. The molecule has 0 fully saturated rings. The zero-order chi connectivity index (χ0) is 11.3. The van der Waals surface area contributed by atoms with E-state index in [4.69, 9.17) is 5.11 Å². The van der Waals surface area contributed by atoms with Crippen molar-refractivity contribution < 1.29 is 9.90 Å². The summed E-state index contributed by atoms with van der Waals surface area (Å²) < 4.78 is 0. The van der Waals surface area contributed by atoms with Crippen LogP contribution in [0.2, 0.25) is 0 Å². The molecule has 1 rings (SSSR count). The molecule has 0 saturated carbocycles. The average molecular weight is 209 g/mol. The Kier molecular flexibility index (Phi) is 4.17. The summed E-state index contributed by atoms with van der Waals surface area (Å²) in [6.07, 6.45) is 1.69. The van der Waals surface area contributed by atoms with Gasteiger partial charge in [0.1, 0.15) is 5.82 Å². The van der Waals surface area contributed by atoms with Gasteiger partial charge in [0, 0.05) is 12.7 Å². The van der Waals surface area contributed by atoms with Crippen LogP contribution in [0.5, 0.6) is 0 Å². The van der Waals surface area contributed by atoms with Crippen molar-refractivity contribution in [3.05, 3.63) is 23.8 Å². The molecule has 0 aliphatic heterocycles. The Morgan fingerprint density at radius 2 is 2.33 bits per heavy atom. The molecule has 1 N–H and O–H groups in total. The van der Waals surface area contributed by atoms with Crippen LogP contribution < -0.4 is 0 Å². The number of aryl methyl sites for hydroxylation is 1. The van der Waals surface area contributed by atoms with E-state index >= 15 is 0 Å². The highest BCUT2D eigenvalue weighted by Gasteiger charge is 2.08. The van der Waals surface area contributed by atoms with E-state index in [0.717, 1.165) is 5.69 Å². The minimum Gasteiger partial charge on any atom is -0.480 e. The summed E-state index contributed by atoms with van der Waals surface area (Å²) in [5.41, 5.74) is 0.852. The number of aliphatic carboxylic acids is 1. The van der Waals surface area contributed by atoms with Crippen LogP contribution in [0, 0.1) is 6.92 Å². The summed E-state index contributed by atoms with van der Waals surface area (Å²) in [4.78, 5) is 20.6. The van der Waals surface area contributed by atoms with Crippen molar-refractivity contribution in [1.29, 1.82) is 0 Å². The van der Waals surface area contributed by atoms with Crippen molar-refractivity contribution in [2.75, 3.05) is 13.1 Å². The van der Waals surface area contributed by atoms with Crippen molar-refractivity contribution in [1.82, 2.24) is 14.9 Å². The predicted molar refractivity (Wildman–Crippen MR) is 55.4 cm³/mol. The molecule has 5 nitrogen and oxygen atoms in total. The maximum absolute atomic E-state index is 10.6. The van der Waals surface area contributed by atoms with E-state index in [1.54, 1.807) is 12.3 Å². The van der Waals surface area contributed by atoms with E-state index in [1.165, 1.54) is 0 Å². The average Bonchev–Trinajstić information content (AvgIpc) is 2.16. The molecule has 5 heteroatoms. The first-order chi connectivity index (χ1) is 7.11. The van der Waals surface area contributed by atoms with Crippen molar-refractivity contribution in [3.8, 4) is 0 Å². The summed E-state index contributed by atoms with van der Waals surface area (Å²) in [6.45, 7) is 5.02. The van der Waals surface area contributed by atoms with Gasteiger partial charge in [-0.15, -0.1) is 0 Å². The molecular weight excluding hydrogens is 194 g/mol. The van der Waals surface area contributed by atoms with E-state index in [9.17, 15) is 4.79 Å². The Labute approximate surface area is 88.8 Å². The smallest absolute Gasteiger partial charge is 0.317 e. The van der Waals surface area contributed by atoms with Gasteiger partial charge < -0.3 is 5.11 Å².